The Morgan fingerprint density at radius 3 is 2.79 bits per heavy atom. The quantitative estimate of drug-likeness (QED) is 0.885. The average molecular weight is 337 g/mol. The number of H-pyrrole nitrogens is 1. The largest absolute Gasteiger partial charge is 0.335 e. The van der Waals surface area contributed by atoms with E-state index in [0.717, 1.165) is 25.5 Å². The Morgan fingerprint density at radius 2 is 2.29 bits per heavy atom. The number of hydrogen-bond donors (Lipinski definition) is 2. The number of aromatic amines is 1. The van der Waals surface area contributed by atoms with Gasteiger partial charge in [-0.2, -0.15) is 0 Å². The number of hydrogen-bond acceptors (Lipinski definition) is 3. The summed E-state index contributed by atoms with van der Waals surface area (Å²) in [7, 11) is 0. The van der Waals surface area contributed by atoms with Gasteiger partial charge in [0.05, 0.1) is 11.4 Å². The first-order valence-electron chi connectivity index (χ1n) is 3.89. The van der Waals surface area contributed by atoms with Gasteiger partial charge in [0, 0.05) is 9.85 Å². The maximum atomic E-state index is 5.49. The van der Waals surface area contributed by atoms with Crippen LogP contribution in [0.4, 0.5) is 0 Å². The fraction of sp³-hybridized carbons (Fsp3) is 0.125. The highest BCUT2D eigenvalue weighted by molar-refractivity contribution is 9.10. The van der Waals surface area contributed by atoms with Crippen molar-refractivity contribution < 1.29 is 0 Å². The van der Waals surface area contributed by atoms with Crippen LogP contribution in [0.25, 0.3) is 10.6 Å². The zero-order chi connectivity index (χ0) is 10.1. The van der Waals surface area contributed by atoms with Gasteiger partial charge in [0.2, 0.25) is 0 Å². The molecule has 0 radical (unpaired) electrons. The van der Waals surface area contributed by atoms with E-state index in [9.17, 15) is 0 Å². The van der Waals surface area contributed by atoms with Gasteiger partial charge in [0.25, 0.3) is 0 Å². The van der Waals surface area contributed by atoms with E-state index in [0.29, 0.717) is 6.54 Å². The molecule has 3 nitrogen and oxygen atoms in total. The summed E-state index contributed by atoms with van der Waals surface area (Å²) >= 11 is 8.47. The zero-order valence-corrected chi connectivity index (χ0v) is 11.0. The van der Waals surface area contributed by atoms with Gasteiger partial charge in [0.15, 0.2) is 0 Å². The van der Waals surface area contributed by atoms with Crippen LogP contribution in [-0.4, -0.2) is 9.97 Å². The fourth-order valence-corrected chi connectivity index (χ4v) is 3.18. The summed E-state index contributed by atoms with van der Waals surface area (Å²) in [6.07, 6.45) is 0. The van der Waals surface area contributed by atoms with E-state index in [1.807, 2.05) is 11.4 Å². The van der Waals surface area contributed by atoms with Gasteiger partial charge in [0.1, 0.15) is 16.1 Å². The molecule has 0 unspecified atom stereocenters. The number of aromatic nitrogens is 2. The molecule has 0 saturated carbocycles. The van der Waals surface area contributed by atoms with Crippen molar-refractivity contribution in [2.75, 3.05) is 0 Å². The second-order valence-corrected chi connectivity index (χ2v) is 5.30. The van der Waals surface area contributed by atoms with Crippen LogP contribution in [0.3, 0.4) is 0 Å². The molecule has 0 aliphatic rings. The van der Waals surface area contributed by atoms with E-state index < -0.39 is 0 Å². The van der Waals surface area contributed by atoms with E-state index in [2.05, 4.69) is 41.8 Å². The highest BCUT2D eigenvalue weighted by atomic mass is 79.9. The summed E-state index contributed by atoms with van der Waals surface area (Å²) in [4.78, 5) is 8.56. The third-order valence-electron chi connectivity index (χ3n) is 1.70. The Labute approximate surface area is 102 Å². The molecule has 0 spiro atoms. The summed E-state index contributed by atoms with van der Waals surface area (Å²) in [5.74, 6) is 0.788. The van der Waals surface area contributed by atoms with Crippen molar-refractivity contribution in [2.24, 2.45) is 5.73 Å². The van der Waals surface area contributed by atoms with Crippen LogP contribution in [-0.2, 0) is 6.54 Å². The first-order valence-corrected chi connectivity index (χ1v) is 6.36. The standard InChI is InChI=1S/C8H7Br2N3S/c9-4-1-5(14-3-4)7-8(10)13-6(2-11)12-7/h1,3H,2,11H2,(H,12,13). The summed E-state index contributed by atoms with van der Waals surface area (Å²) in [5.41, 5.74) is 6.41. The normalized spacial score (nSPS) is 10.8. The lowest BCUT2D eigenvalue weighted by molar-refractivity contribution is 0.948. The van der Waals surface area contributed by atoms with Crippen LogP contribution in [0.1, 0.15) is 5.82 Å². The van der Waals surface area contributed by atoms with Gasteiger partial charge in [-0.15, -0.1) is 11.3 Å². The maximum absolute atomic E-state index is 5.49. The number of thiophene rings is 1. The second-order valence-electron chi connectivity index (χ2n) is 2.68. The van der Waals surface area contributed by atoms with Crippen molar-refractivity contribution in [2.45, 2.75) is 6.54 Å². The summed E-state index contributed by atoms with van der Waals surface area (Å²) in [6.45, 7) is 0.422. The molecule has 0 aliphatic carbocycles. The fourth-order valence-electron chi connectivity index (χ4n) is 1.10. The number of halogens is 2. The molecule has 0 amide bonds. The molecule has 0 fully saturated rings. The van der Waals surface area contributed by atoms with E-state index >= 15 is 0 Å². The van der Waals surface area contributed by atoms with Crippen LogP contribution in [0, 0.1) is 0 Å². The molecule has 14 heavy (non-hydrogen) atoms. The molecule has 6 heteroatoms. The molecule has 0 aromatic carbocycles. The Morgan fingerprint density at radius 1 is 1.50 bits per heavy atom. The van der Waals surface area contributed by atoms with Crippen molar-refractivity contribution in [1.29, 1.82) is 0 Å². The van der Waals surface area contributed by atoms with E-state index in [1.165, 1.54) is 0 Å². The summed E-state index contributed by atoms with van der Waals surface area (Å²) in [6, 6.07) is 2.03. The van der Waals surface area contributed by atoms with Crippen LogP contribution < -0.4 is 5.73 Å². The minimum absolute atomic E-state index is 0.422. The van der Waals surface area contributed by atoms with E-state index in [-0.39, 0.29) is 0 Å². The minimum Gasteiger partial charge on any atom is -0.335 e. The van der Waals surface area contributed by atoms with Crippen molar-refractivity contribution >= 4 is 43.2 Å². The van der Waals surface area contributed by atoms with Gasteiger partial charge in [-0.1, -0.05) is 0 Å². The smallest absolute Gasteiger partial charge is 0.121 e. The van der Waals surface area contributed by atoms with Gasteiger partial charge >= 0.3 is 0 Å². The van der Waals surface area contributed by atoms with Crippen LogP contribution in [0.2, 0.25) is 0 Å². The first-order chi connectivity index (χ1) is 6.70. The number of imidazole rings is 1. The number of rotatable bonds is 2. The first kappa shape index (κ1) is 10.4. The van der Waals surface area contributed by atoms with E-state index in [1.54, 1.807) is 11.3 Å². The number of nitrogens with two attached hydrogens (primary N) is 1. The van der Waals surface area contributed by atoms with Gasteiger partial charge < -0.3 is 10.7 Å². The topological polar surface area (TPSA) is 54.7 Å². The second kappa shape index (κ2) is 4.14. The monoisotopic (exact) mass is 335 g/mol. The molecule has 74 valence electrons. The summed E-state index contributed by atoms with van der Waals surface area (Å²) in [5, 5.41) is 2.03. The molecule has 2 aromatic heterocycles. The average Bonchev–Trinajstić information content (AvgIpc) is 2.71. The predicted octanol–water partition coefficient (Wildman–Crippen LogP) is 3.12. The lowest BCUT2D eigenvalue weighted by atomic mass is 10.4. The van der Waals surface area contributed by atoms with Crippen molar-refractivity contribution in [3.8, 4) is 10.6 Å². The molecular weight excluding hydrogens is 330 g/mol. The molecule has 0 aliphatic heterocycles. The van der Waals surface area contributed by atoms with Crippen molar-refractivity contribution in [3.05, 3.63) is 26.3 Å². The Hall–Kier alpha value is -0.170. The Balaban J connectivity index is 2.45. The Kier molecular flexibility index (Phi) is 3.06. The van der Waals surface area contributed by atoms with Crippen molar-refractivity contribution in [3.63, 3.8) is 0 Å². The number of nitrogens with zero attached hydrogens (tertiary/aromatic N) is 1. The third kappa shape index (κ3) is 1.93. The van der Waals surface area contributed by atoms with Crippen LogP contribution in [0.5, 0.6) is 0 Å². The van der Waals surface area contributed by atoms with E-state index in [4.69, 9.17) is 5.73 Å². The molecule has 0 atom stereocenters. The molecule has 2 aromatic rings. The molecule has 2 rings (SSSR count). The molecule has 3 N–H and O–H groups in total. The SMILES string of the molecule is NCc1nc(-c2cc(Br)cs2)c(Br)[nH]1. The highest BCUT2D eigenvalue weighted by Crippen LogP contribution is 2.32. The lowest BCUT2D eigenvalue weighted by Gasteiger charge is -1.89. The summed E-state index contributed by atoms with van der Waals surface area (Å²) < 4.78 is 1.95. The lowest BCUT2D eigenvalue weighted by Crippen LogP contribution is -1.97. The third-order valence-corrected chi connectivity index (χ3v) is 3.97. The minimum atomic E-state index is 0.422. The predicted molar refractivity (Wildman–Crippen MR) is 65.2 cm³/mol. The van der Waals surface area contributed by atoms with Gasteiger partial charge in [-0.05, 0) is 37.9 Å². The van der Waals surface area contributed by atoms with Gasteiger partial charge in [-0.3, -0.25) is 0 Å². The van der Waals surface area contributed by atoms with Crippen LogP contribution >= 0.6 is 43.2 Å². The van der Waals surface area contributed by atoms with Gasteiger partial charge in [-0.25, -0.2) is 4.98 Å². The van der Waals surface area contributed by atoms with Crippen molar-refractivity contribution in [1.82, 2.24) is 9.97 Å². The highest BCUT2D eigenvalue weighted by Gasteiger charge is 2.10. The Bertz CT molecular complexity index is 449. The molecule has 2 heterocycles. The number of nitrogens with one attached hydrogen (secondary N) is 1. The molecule has 0 saturated heterocycles. The maximum Gasteiger partial charge on any atom is 0.121 e. The van der Waals surface area contributed by atoms with Crippen LogP contribution in [0.15, 0.2) is 20.5 Å². The zero-order valence-electron chi connectivity index (χ0n) is 7.05. The molecular formula is C8H7Br2N3S. The molecule has 0 bridgehead atoms.